The van der Waals surface area contributed by atoms with Gasteiger partial charge in [-0.3, -0.25) is 4.79 Å². The second-order valence-electron chi connectivity index (χ2n) is 5.76. The van der Waals surface area contributed by atoms with Crippen molar-refractivity contribution >= 4 is 28.7 Å². The number of hydrogen-bond donors (Lipinski definition) is 1. The van der Waals surface area contributed by atoms with Crippen molar-refractivity contribution in [3.8, 4) is 5.69 Å². The fourth-order valence-corrected chi connectivity index (χ4v) is 2.59. The summed E-state index contributed by atoms with van der Waals surface area (Å²) in [6, 6.07) is 24.9. The minimum absolute atomic E-state index is 0.191. The number of rotatable bonds is 4. The molecule has 0 atom stereocenters. The fraction of sp³-hybridized carbons (Fsp3) is 0. The Morgan fingerprint density at radius 2 is 1.54 bits per heavy atom. The first kappa shape index (κ1) is 15.8. The molecule has 0 spiro atoms. The van der Waals surface area contributed by atoms with E-state index in [-0.39, 0.29) is 5.91 Å². The summed E-state index contributed by atoms with van der Waals surface area (Å²) in [5, 5.41) is 11.8. The van der Waals surface area contributed by atoms with Gasteiger partial charge in [-0.15, -0.1) is 10.2 Å². The lowest BCUT2D eigenvalue weighted by molar-refractivity contribution is -0.111. The van der Waals surface area contributed by atoms with Gasteiger partial charge >= 0.3 is 0 Å². The third-order valence-corrected chi connectivity index (χ3v) is 3.86. The van der Waals surface area contributed by atoms with Crippen molar-refractivity contribution in [1.82, 2.24) is 15.0 Å². The summed E-state index contributed by atoms with van der Waals surface area (Å²) < 4.78 is 0. The van der Waals surface area contributed by atoms with Crippen LogP contribution in [0.4, 0.5) is 5.69 Å². The maximum Gasteiger partial charge on any atom is 0.248 e. The summed E-state index contributed by atoms with van der Waals surface area (Å²) in [6.45, 7) is 0. The number of nitrogens with zero attached hydrogens (tertiary/aromatic N) is 3. The van der Waals surface area contributed by atoms with Crippen LogP contribution in [0.15, 0.2) is 84.9 Å². The molecular formula is C21H16N4O. The van der Waals surface area contributed by atoms with Crippen molar-refractivity contribution in [1.29, 1.82) is 0 Å². The molecule has 0 unspecified atom stereocenters. The average Bonchev–Trinajstić information content (AvgIpc) is 3.11. The van der Waals surface area contributed by atoms with Crippen LogP contribution in [0, 0.1) is 0 Å². The van der Waals surface area contributed by atoms with E-state index in [1.54, 1.807) is 10.9 Å². The second-order valence-corrected chi connectivity index (χ2v) is 5.76. The highest BCUT2D eigenvalue weighted by Crippen LogP contribution is 2.17. The number of amides is 1. The van der Waals surface area contributed by atoms with E-state index in [1.165, 1.54) is 6.08 Å². The van der Waals surface area contributed by atoms with Gasteiger partial charge in [-0.1, -0.05) is 48.5 Å². The second kappa shape index (κ2) is 7.03. The number of carbonyl (C=O) groups is 1. The van der Waals surface area contributed by atoms with Gasteiger partial charge in [-0.25, -0.2) is 0 Å². The molecule has 0 bridgehead atoms. The smallest absolute Gasteiger partial charge is 0.248 e. The quantitative estimate of drug-likeness (QED) is 0.570. The zero-order valence-electron chi connectivity index (χ0n) is 13.9. The molecule has 0 aliphatic rings. The van der Waals surface area contributed by atoms with Crippen molar-refractivity contribution in [3.05, 3.63) is 90.5 Å². The lowest BCUT2D eigenvalue weighted by Crippen LogP contribution is -2.07. The van der Waals surface area contributed by atoms with Gasteiger partial charge in [-0.05, 0) is 42.0 Å². The van der Waals surface area contributed by atoms with Crippen molar-refractivity contribution in [3.63, 3.8) is 0 Å². The van der Waals surface area contributed by atoms with Crippen LogP contribution in [0.25, 0.3) is 22.8 Å². The highest BCUT2D eigenvalue weighted by molar-refractivity contribution is 6.02. The summed E-state index contributed by atoms with van der Waals surface area (Å²) in [5.41, 5.74) is 4.04. The van der Waals surface area contributed by atoms with Crippen LogP contribution >= 0.6 is 0 Å². The van der Waals surface area contributed by atoms with E-state index in [0.717, 1.165) is 22.3 Å². The van der Waals surface area contributed by atoms with Gasteiger partial charge in [0.15, 0.2) is 0 Å². The first-order valence-electron chi connectivity index (χ1n) is 8.25. The van der Waals surface area contributed by atoms with Gasteiger partial charge in [-0.2, -0.15) is 4.80 Å². The standard InChI is InChI=1S/C21H16N4O/c26-21(14-11-16-7-3-1-4-8-16)22-17-12-13-19-20(15-17)24-25(23-19)18-9-5-2-6-10-18/h1-15H,(H,22,26)/b14-11+. The van der Waals surface area contributed by atoms with Crippen LogP contribution in [0.1, 0.15) is 5.56 Å². The summed E-state index contributed by atoms with van der Waals surface area (Å²) in [5.74, 6) is -0.191. The van der Waals surface area contributed by atoms with Gasteiger partial charge in [0.25, 0.3) is 0 Å². The number of hydrogen-bond acceptors (Lipinski definition) is 3. The minimum atomic E-state index is -0.191. The molecule has 4 aromatic rings. The van der Waals surface area contributed by atoms with Crippen molar-refractivity contribution in [2.24, 2.45) is 0 Å². The molecule has 1 aromatic heterocycles. The fourth-order valence-electron chi connectivity index (χ4n) is 2.59. The first-order valence-corrected chi connectivity index (χ1v) is 8.25. The van der Waals surface area contributed by atoms with Gasteiger partial charge in [0, 0.05) is 11.8 Å². The van der Waals surface area contributed by atoms with Crippen LogP contribution in [0.5, 0.6) is 0 Å². The molecule has 5 heteroatoms. The van der Waals surface area contributed by atoms with Crippen LogP contribution < -0.4 is 5.32 Å². The van der Waals surface area contributed by atoms with E-state index in [9.17, 15) is 4.79 Å². The molecule has 1 amide bonds. The number of fused-ring (bicyclic) bond motifs is 1. The maximum atomic E-state index is 12.1. The highest BCUT2D eigenvalue weighted by atomic mass is 16.1. The van der Waals surface area contributed by atoms with Gasteiger partial charge in [0.05, 0.1) is 5.69 Å². The van der Waals surface area contributed by atoms with Gasteiger partial charge < -0.3 is 5.32 Å². The number of benzene rings is 3. The SMILES string of the molecule is O=C(/C=C/c1ccccc1)Nc1ccc2nn(-c3ccccc3)nc2c1. The largest absolute Gasteiger partial charge is 0.322 e. The number of aromatic nitrogens is 3. The van der Waals surface area contributed by atoms with E-state index in [0.29, 0.717) is 5.69 Å². The number of carbonyl (C=O) groups excluding carboxylic acids is 1. The summed E-state index contributed by atoms with van der Waals surface area (Å²) >= 11 is 0. The molecule has 126 valence electrons. The van der Waals surface area contributed by atoms with Crippen molar-refractivity contribution < 1.29 is 4.79 Å². The Hall–Kier alpha value is -3.73. The topological polar surface area (TPSA) is 59.8 Å². The Morgan fingerprint density at radius 3 is 2.31 bits per heavy atom. The molecule has 1 heterocycles. The summed E-state index contributed by atoms with van der Waals surface area (Å²) in [4.78, 5) is 13.7. The Balaban J connectivity index is 1.52. The Morgan fingerprint density at radius 1 is 0.846 bits per heavy atom. The van der Waals surface area contributed by atoms with Crippen molar-refractivity contribution in [2.75, 3.05) is 5.32 Å². The summed E-state index contributed by atoms with van der Waals surface area (Å²) in [7, 11) is 0. The number of para-hydroxylation sites is 1. The minimum Gasteiger partial charge on any atom is -0.322 e. The monoisotopic (exact) mass is 340 g/mol. The normalized spacial score (nSPS) is 11.1. The predicted molar refractivity (Wildman–Crippen MR) is 103 cm³/mol. The van der Waals surface area contributed by atoms with E-state index < -0.39 is 0 Å². The van der Waals surface area contributed by atoms with Gasteiger partial charge in [0.1, 0.15) is 11.0 Å². The Bertz CT molecular complexity index is 1070. The highest BCUT2D eigenvalue weighted by Gasteiger charge is 2.06. The molecule has 0 fully saturated rings. The zero-order chi connectivity index (χ0) is 17.8. The van der Waals surface area contributed by atoms with Crippen LogP contribution in [0.2, 0.25) is 0 Å². The summed E-state index contributed by atoms with van der Waals surface area (Å²) in [6.07, 6.45) is 3.29. The molecule has 4 rings (SSSR count). The first-order chi connectivity index (χ1) is 12.8. The molecule has 0 aliphatic carbocycles. The van der Waals surface area contributed by atoms with Gasteiger partial charge in [0.2, 0.25) is 5.91 Å². The molecule has 0 saturated carbocycles. The molecular weight excluding hydrogens is 324 g/mol. The Kier molecular flexibility index (Phi) is 4.26. The zero-order valence-corrected chi connectivity index (χ0v) is 13.9. The predicted octanol–water partition coefficient (Wildman–Crippen LogP) is 4.07. The molecule has 5 nitrogen and oxygen atoms in total. The molecule has 1 N–H and O–H groups in total. The van der Waals surface area contributed by atoms with E-state index in [4.69, 9.17) is 0 Å². The van der Waals surface area contributed by atoms with E-state index >= 15 is 0 Å². The molecule has 0 radical (unpaired) electrons. The molecule has 0 saturated heterocycles. The maximum absolute atomic E-state index is 12.1. The van der Waals surface area contributed by atoms with Crippen molar-refractivity contribution in [2.45, 2.75) is 0 Å². The lowest BCUT2D eigenvalue weighted by Gasteiger charge is -2.01. The Labute approximate surface area is 150 Å². The number of anilines is 1. The molecule has 26 heavy (non-hydrogen) atoms. The lowest BCUT2D eigenvalue weighted by atomic mass is 10.2. The van der Waals surface area contributed by atoms with E-state index in [2.05, 4.69) is 15.5 Å². The molecule has 0 aliphatic heterocycles. The molecule has 3 aromatic carbocycles. The van der Waals surface area contributed by atoms with Crippen LogP contribution in [0.3, 0.4) is 0 Å². The van der Waals surface area contributed by atoms with Crippen LogP contribution in [-0.2, 0) is 4.79 Å². The van der Waals surface area contributed by atoms with Crippen LogP contribution in [-0.4, -0.2) is 20.9 Å². The van der Waals surface area contributed by atoms with E-state index in [1.807, 2.05) is 78.9 Å². The third kappa shape index (κ3) is 3.52. The third-order valence-electron chi connectivity index (χ3n) is 3.86. The number of nitrogens with one attached hydrogen (secondary N) is 1. The average molecular weight is 340 g/mol.